The molecule has 3 aromatic carbocycles. The van der Waals surface area contributed by atoms with Crippen molar-refractivity contribution >= 4 is 16.6 Å². The molecule has 5 nitrogen and oxygen atoms in total. The number of hydrogen-bond donors (Lipinski definition) is 1. The predicted octanol–water partition coefficient (Wildman–Crippen LogP) is 8.57. The fraction of sp³-hybridized carbons (Fsp3) is 0.212. The number of pyridine rings is 2. The lowest BCUT2D eigenvalue weighted by Gasteiger charge is -2.21. The van der Waals surface area contributed by atoms with Crippen LogP contribution in [0.3, 0.4) is 0 Å². The van der Waals surface area contributed by atoms with E-state index in [1.165, 1.54) is 5.56 Å². The number of hydrogen-bond acceptors (Lipinski definition) is 5. The van der Waals surface area contributed by atoms with Crippen molar-refractivity contribution in [3.63, 3.8) is 0 Å². The fourth-order valence-corrected chi connectivity index (χ4v) is 4.54. The first-order chi connectivity index (χ1) is 18.3. The highest BCUT2D eigenvalue weighted by atomic mass is 16.5. The highest BCUT2D eigenvalue weighted by molar-refractivity contribution is 6.01. The van der Waals surface area contributed by atoms with Gasteiger partial charge in [-0.25, -0.2) is 9.97 Å². The number of ether oxygens (including phenoxy) is 2. The lowest BCUT2D eigenvalue weighted by molar-refractivity contribution is 0.398. The maximum atomic E-state index is 6.42. The molecule has 0 fully saturated rings. The van der Waals surface area contributed by atoms with Crippen LogP contribution in [-0.4, -0.2) is 17.1 Å². The Balaban J connectivity index is 1.49. The van der Waals surface area contributed by atoms with Gasteiger partial charge in [0.05, 0.1) is 7.11 Å². The number of anilines is 1. The summed E-state index contributed by atoms with van der Waals surface area (Å²) < 4.78 is 12.1. The minimum atomic E-state index is -0.0298. The van der Waals surface area contributed by atoms with Crippen LogP contribution in [0.2, 0.25) is 0 Å². The number of rotatable bonds is 7. The van der Waals surface area contributed by atoms with Gasteiger partial charge in [-0.1, -0.05) is 75.4 Å². The van der Waals surface area contributed by atoms with Gasteiger partial charge in [0.25, 0.3) is 0 Å². The minimum absolute atomic E-state index is 0.0298. The summed E-state index contributed by atoms with van der Waals surface area (Å²) in [5.74, 6) is 2.86. The molecule has 5 heteroatoms. The van der Waals surface area contributed by atoms with E-state index >= 15 is 0 Å². The van der Waals surface area contributed by atoms with Gasteiger partial charge in [0, 0.05) is 35.5 Å². The lowest BCUT2D eigenvalue weighted by atomic mass is 9.86. The van der Waals surface area contributed by atoms with E-state index < -0.39 is 0 Å². The van der Waals surface area contributed by atoms with E-state index in [2.05, 4.69) is 79.4 Å². The second-order valence-electron chi connectivity index (χ2n) is 10.4. The average Bonchev–Trinajstić information content (AvgIpc) is 2.93. The normalized spacial score (nSPS) is 12.2. The number of aromatic nitrogens is 2. The third-order valence-electron chi connectivity index (χ3n) is 6.71. The molecule has 0 saturated carbocycles. The van der Waals surface area contributed by atoms with Gasteiger partial charge >= 0.3 is 0 Å². The van der Waals surface area contributed by atoms with Crippen molar-refractivity contribution in [2.75, 3.05) is 12.4 Å². The van der Waals surface area contributed by atoms with Crippen LogP contribution in [-0.2, 0) is 5.41 Å². The van der Waals surface area contributed by atoms with Crippen LogP contribution in [0.15, 0.2) is 97.3 Å². The van der Waals surface area contributed by atoms with E-state index in [9.17, 15) is 0 Å². The topological polar surface area (TPSA) is 56.3 Å². The Hall–Kier alpha value is -4.38. The largest absolute Gasteiger partial charge is 0.481 e. The Morgan fingerprint density at radius 2 is 1.53 bits per heavy atom. The highest BCUT2D eigenvalue weighted by Gasteiger charge is 2.20. The second kappa shape index (κ2) is 10.5. The van der Waals surface area contributed by atoms with Crippen molar-refractivity contribution < 1.29 is 9.47 Å². The Morgan fingerprint density at radius 1 is 0.789 bits per heavy atom. The van der Waals surface area contributed by atoms with Gasteiger partial charge in [0.15, 0.2) is 0 Å². The molecule has 192 valence electrons. The molecular weight excluding hydrogens is 470 g/mol. The molecule has 1 unspecified atom stereocenters. The summed E-state index contributed by atoms with van der Waals surface area (Å²) >= 11 is 0. The molecule has 0 aliphatic carbocycles. The van der Waals surface area contributed by atoms with Crippen LogP contribution >= 0.6 is 0 Å². The van der Waals surface area contributed by atoms with E-state index in [-0.39, 0.29) is 11.5 Å². The fourth-order valence-electron chi connectivity index (χ4n) is 4.54. The summed E-state index contributed by atoms with van der Waals surface area (Å²) in [6.45, 7) is 8.68. The Kier molecular flexibility index (Phi) is 7.01. The van der Waals surface area contributed by atoms with E-state index in [0.717, 1.165) is 44.8 Å². The molecule has 5 rings (SSSR count). The van der Waals surface area contributed by atoms with E-state index in [0.29, 0.717) is 5.88 Å². The Labute approximate surface area is 224 Å². The molecule has 2 heterocycles. The van der Waals surface area contributed by atoms with Crippen LogP contribution < -0.4 is 14.8 Å². The maximum absolute atomic E-state index is 6.42. The van der Waals surface area contributed by atoms with Crippen molar-refractivity contribution in [3.8, 4) is 28.5 Å². The number of benzene rings is 3. The summed E-state index contributed by atoms with van der Waals surface area (Å²) in [7, 11) is 1.66. The van der Waals surface area contributed by atoms with Gasteiger partial charge in [0.1, 0.15) is 17.3 Å². The van der Waals surface area contributed by atoms with Gasteiger partial charge in [-0.15, -0.1) is 0 Å². The van der Waals surface area contributed by atoms with Crippen LogP contribution in [0.1, 0.15) is 44.9 Å². The second-order valence-corrected chi connectivity index (χ2v) is 10.4. The standard InChI is InChI=1S/C33H33N3O2/c1-22(23-11-7-6-8-12-23)36-31-20-25(17-18-34-31)38-30-16-15-27(26-13-9-10-14-28(26)30)29-19-24(33(2,3)4)21-35-32(29)37-5/h6-22H,1-5H3,(H,34,36). The molecule has 0 aliphatic heterocycles. The van der Waals surface area contributed by atoms with Gasteiger partial charge < -0.3 is 14.8 Å². The first-order valence-corrected chi connectivity index (χ1v) is 12.9. The van der Waals surface area contributed by atoms with Crippen molar-refractivity contribution in [3.05, 3.63) is 108 Å². The SMILES string of the molecule is COc1ncc(C(C)(C)C)cc1-c1ccc(Oc2ccnc(NC(C)c3ccccc3)c2)c2ccccc12. The zero-order valence-electron chi connectivity index (χ0n) is 22.5. The van der Waals surface area contributed by atoms with Gasteiger partial charge in [-0.05, 0) is 58.7 Å². The molecule has 2 aromatic heterocycles. The third kappa shape index (κ3) is 5.32. The smallest absolute Gasteiger partial charge is 0.221 e. The van der Waals surface area contributed by atoms with Gasteiger partial charge in [-0.2, -0.15) is 0 Å². The lowest BCUT2D eigenvalue weighted by Crippen LogP contribution is -2.12. The molecule has 0 radical (unpaired) electrons. The molecule has 1 atom stereocenters. The summed E-state index contributed by atoms with van der Waals surface area (Å²) in [6, 6.07) is 28.8. The van der Waals surface area contributed by atoms with Crippen LogP contribution in [0, 0.1) is 0 Å². The molecule has 0 spiro atoms. The summed E-state index contributed by atoms with van der Waals surface area (Å²) in [5.41, 5.74) is 4.34. The molecule has 1 N–H and O–H groups in total. The number of methoxy groups -OCH3 is 1. The first-order valence-electron chi connectivity index (χ1n) is 12.9. The van der Waals surface area contributed by atoms with Gasteiger partial charge in [-0.3, -0.25) is 0 Å². The molecular formula is C33H33N3O2. The summed E-state index contributed by atoms with van der Waals surface area (Å²) in [4.78, 5) is 9.12. The van der Waals surface area contributed by atoms with Crippen LogP contribution in [0.5, 0.6) is 17.4 Å². The summed E-state index contributed by atoms with van der Waals surface area (Å²) in [5, 5.41) is 5.55. The predicted molar refractivity (Wildman–Crippen MR) is 155 cm³/mol. The molecule has 0 aliphatic rings. The minimum Gasteiger partial charge on any atom is -0.481 e. The zero-order valence-corrected chi connectivity index (χ0v) is 22.5. The van der Waals surface area contributed by atoms with E-state index in [4.69, 9.17) is 9.47 Å². The molecule has 38 heavy (non-hydrogen) atoms. The zero-order chi connectivity index (χ0) is 26.7. The number of nitrogens with one attached hydrogen (secondary N) is 1. The number of fused-ring (bicyclic) bond motifs is 1. The van der Waals surface area contributed by atoms with Crippen molar-refractivity contribution in [1.29, 1.82) is 0 Å². The quantitative estimate of drug-likeness (QED) is 0.241. The summed E-state index contributed by atoms with van der Waals surface area (Å²) in [6.07, 6.45) is 3.66. The monoisotopic (exact) mass is 503 g/mol. The maximum Gasteiger partial charge on any atom is 0.221 e. The van der Waals surface area contributed by atoms with Crippen LogP contribution in [0.4, 0.5) is 5.82 Å². The van der Waals surface area contributed by atoms with Crippen LogP contribution in [0.25, 0.3) is 21.9 Å². The average molecular weight is 504 g/mol. The Bertz CT molecular complexity index is 1560. The first kappa shape index (κ1) is 25.3. The number of nitrogens with zero attached hydrogens (tertiary/aromatic N) is 2. The molecule has 0 amide bonds. The van der Waals surface area contributed by atoms with Crippen molar-refractivity contribution in [1.82, 2.24) is 9.97 Å². The Morgan fingerprint density at radius 3 is 2.26 bits per heavy atom. The van der Waals surface area contributed by atoms with Crippen molar-refractivity contribution in [2.45, 2.75) is 39.2 Å². The van der Waals surface area contributed by atoms with Gasteiger partial charge in [0.2, 0.25) is 5.88 Å². The molecule has 0 saturated heterocycles. The van der Waals surface area contributed by atoms with E-state index in [1.54, 1.807) is 13.3 Å². The molecule has 0 bridgehead atoms. The van der Waals surface area contributed by atoms with Crippen molar-refractivity contribution in [2.24, 2.45) is 0 Å². The molecule has 5 aromatic rings. The van der Waals surface area contributed by atoms with E-state index in [1.807, 2.05) is 54.7 Å². The highest BCUT2D eigenvalue weighted by Crippen LogP contribution is 2.40. The third-order valence-corrected chi connectivity index (χ3v) is 6.71.